The first-order valence-corrected chi connectivity index (χ1v) is 8.43. The first-order valence-electron chi connectivity index (χ1n) is 5.98. The van der Waals surface area contributed by atoms with Crippen molar-refractivity contribution in [2.24, 2.45) is 7.05 Å². The van der Waals surface area contributed by atoms with Crippen LogP contribution in [0.1, 0.15) is 16.1 Å². The number of hydrogen-bond acceptors (Lipinski definition) is 4. The molecule has 0 saturated carbocycles. The molecule has 1 N–H and O–H groups in total. The lowest BCUT2D eigenvalue weighted by molar-refractivity contribution is 0.0689. The predicted octanol–water partition coefficient (Wildman–Crippen LogP) is 3.54. The summed E-state index contributed by atoms with van der Waals surface area (Å²) in [4.78, 5) is 13.4. The summed E-state index contributed by atoms with van der Waals surface area (Å²) in [5.41, 5.74) is 3.14. The third kappa shape index (κ3) is 2.71. The highest BCUT2D eigenvalue weighted by atomic mass is 32.2. The van der Waals surface area contributed by atoms with Crippen LogP contribution in [0.2, 0.25) is 0 Å². The standard InChI is InChI=1S/C14H16N2O2S2/c1-8-5-13(20-4)9(6-12(8)19-3)11-7-10(14(17)18)15-16(11)2/h5-7H,1-4H3,(H,17,18). The number of thioether (sulfide) groups is 2. The summed E-state index contributed by atoms with van der Waals surface area (Å²) in [6, 6.07) is 5.87. The van der Waals surface area contributed by atoms with Gasteiger partial charge >= 0.3 is 5.97 Å². The molecule has 0 bridgehead atoms. The number of carboxylic acid groups (broad SMARTS) is 1. The van der Waals surface area contributed by atoms with E-state index in [2.05, 4.69) is 24.2 Å². The van der Waals surface area contributed by atoms with Gasteiger partial charge in [-0.05, 0) is 43.2 Å². The van der Waals surface area contributed by atoms with Crippen LogP contribution in [0.3, 0.4) is 0 Å². The van der Waals surface area contributed by atoms with Gasteiger partial charge in [-0.25, -0.2) is 4.79 Å². The summed E-state index contributed by atoms with van der Waals surface area (Å²) in [6.07, 6.45) is 4.06. The van der Waals surface area contributed by atoms with Crippen molar-refractivity contribution < 1.29 is 9.90 Å². The first-order chi connectivity index (χ1) is 9.47. The van der Waals surface area contributed by atoms with Crippen molar-refractivity contribution in [2.75, 3.05) is 12.5 Å². The summed E-state index contributed by atoms with van der Waals surface area (Å²) in [6.45, 7) is 2.08. The minimum atomic E-state index is -1.00. The fraction of sp³-hybridized carbons (Fsp3) is 0.286. The molecule has 0 aliphatic rings. The van der Waals surface area contributed by atoms with Crippen molar-refractivity contribution in [1.82, 2.24) is 9.78 Å². The number of aromatic carboxylic acids is 1. The molecule has 1 heterocycles. The van der Waals surface area contributed by atoms with E-state index in [0.717, 1.165) is 16.2 Å². The molecule has 1 aromatic carbocycles. The van der Waals surface area contributed by atoms with Crippen LogP contribution >= 0.6 is 23.5 Å². The lowest BCUT2D eigenvalue weighted by Crippen LogP contribution is -1.99. The lowest BCUT2D eigenvalue weighted by Gasteiger charge is -2.12. The Morgan fingerprint density at radius 2 is 1.85 bits per heavy atom. The van der Waals surface area contributed by atoms with Crippen LogP contribution in [0.4, 0.5) is 0 Å². The second-order valence-corrected chi connectivity index (χ2v) is 6.06. The molecule has 2 rings (SSSR count). The van der Waals surface area contributed by atoms with Gasteiger partial charge in [-0.3, -0.25) is 4.68 Å². The highest BCUT2D eigenvalue weighted by Crippen LogP contribution is 2.35. The van der Waals surface area contributed by atoms with E-state index < -0.39 is 5.97 Å². The number of rotatable bonds is 4. The van der Waals surface area contributed by atoms with E-state index in [1.165, 1.54) is 10.5 Å². The summed E-state index contributed by atoms with van der Waals surface area (Å²) in [7, 11) is 1.77. The summed E-state index contributed by atoms with van der Waals surface area (Å²) in [5, 5.41) is 13.1. The van der Waals surface area contributed by atoms with Gasteiger partial charge in [-0.1, -0.05) is 0 Å². The molecule has 20 heavy (non-hydrogen) atoms. The van der Waals surface area contributed by atoms with Gasteiger partial charge < -0.3 is 5.11 Å². The van der Waals surface area contributed by atoms with E-state index in [1.807, 2.05) is 12.5 Å². The number of aromatic nitrogens is 2. The fourth-order valence-corrected chi connectivity index (χ4v) is 3.37. The maximum atomic E-state index is 11.0. The predicted molar refractivity (Wildman–Crippen MR) is 83.9 cm³/mol. The molecule has 0 radical (unpaired) electrons. The van der Waals surface area contributed by atoms with Gasteiger partial charge in [0, 0.05) is 22.4 Å². The SMILES string of the molecule is CSc1cc(-c2cc(C(=O)O)nn2C)c(SC)cc1C. The number of nitrogens with zero attached hydrogens (tertiary/aromatic N) is 2. The molecule has 0 aliphatic heterocycles. The fourth-order valence-electron chi connectivity index (χ4n) is 2.07. The zero-order chi connectivity index (χ0) is 14.9. The van der Waals surface area contributed by atoms with E-state index in [9.17, 15) is 4.79 Å². The van der Waals surface area contributed by atoms with E-state index in [1.54, 1.807) is 41.3 Å². The zero-order valence-electron chi connectivity index (χ0n) is 11.8. The van der Waals surface area contributed by atoms with E-state index in [4.69, 9.17) is 5.11 Å². The van der Waals surface area contributed by atoms with Crippen molar-refractivity contribution >= 4 is 29.5 Å². The van der Waals surface area contributed by atoms with Gasteiger partial charge in [0.1, 0.15) is 0 Å². The Hall–Kier alpha value is -1.40. The average molecular weight is 308 g/mol. The molecule has 0 atom stereocenters. The Labute approximate surface area is 126 Å². The Kier molecular flexibility index (Phi) is 4.45. The van der Waals surface area contributed by atoms with Crippen molar-refractivity contribution in [3.63, 3.8) is 0 Å². The minimum Gasteiger partial charge on any atom is -0.476 e. The van der Waals surface area contributed by atoms with Crippen LogP contribution in [0.15, 0.2) is 28.0 Å². The zero-order valence-corrected chi connectivity index (χ0v) is 13.4. The molecular formula is C14H16N2O2S2. The van der Waals surface area contributed by atoms with E-state index >= 15 is 0 Å². The highest BCUT2D eigenvalue weighted by Gasteiger charge is 2.16. The average Bonchev–Trinajstić information content (AvgIpc) is 2.80. The molecule has 1 aromatic heterocycles. The van der Waals surface area contributed by atoms with Crippen LogP contribution in [0, 0.1) is 6.92 Å². The molecule has 0 fully saturated rings. The molecule has 0 spiro atoms. The normalized spacial score (nSPS) is 10.8. The van der Waals surface area contributed by atoms with Gasteiger partial charge in [-0.2, -0.15) is 5.10 Å². The number of carboxylic acids is 1. The Balaban J connectivity index is 2.64. The van der Waals surface area contributed by atoms with Crippen LogP contribution in [-0.2, 0) is 7.05 Å². The van der Waals surface area contributed by atoms with Crippen molar-refractivity contribution in [3.8, 4) is 11.3 Å². The summed E-state index contributed by atoms with van der Waals surface area (Å²) >= 11 is 3.34. The highest BCUT2D eigenvalue weighted by molar-refractivity contribution is 7.99. The Bertz CT molecular complexity index is 665. The smallest absolute Gasteiger partial charge is 0.356 e. The van der Waals surface area contributed by atoms with E-state index in [-0.39, 0.29) is 5.69 Å². The molecule has 106 valence electrons. The second kappa shape index (κ2) is 5.93. The third-order valence-corrected chi connectivity index (χ3v) is 4.75. The third-order valence-electron chi connectivity index (χ3n) is 3.09. The lowest BCUT2D eigenvalue weighted by atomic mass is 10.1. The van der Waals surface area contributed by atoms with Gasteiger partial charge in [0.05, 0.1) is 5.69 Å². The minimum absolute atomic E-state index is 0.0702. The van der Waals surface area contributed by atoms with Crippen molar-refractivity contribution in [3.05, 3.63) is 29.5 Å². The maximum absolute atomic E-state index is 11.0. The quantitative estimate of drug-likeness (QED) is 0.876. The van der Waals surface area contributed by atoms with Crippen molar-refractivity contribution in [1.29, 1.82) is 0 Å². The Morgan fingerprint density at radius 1 is 1.20 bits per heavy atom. The van der Waals surface area contributed by atoms with Crippen LogP contribution in [0.5, 0.6) is 0 Å². The number of hydrogen-bond donors (Lipinski definition) is 1. The first kappa shape index (κ1) is 15.0. The molecule has 0 amide bonds. The number of carbonyl (C=O) groups is 1. The second-order valence-electron chi connectivity index (χ2n) is 4.37. The van der Waals surface area contributed by atoms with Crippen molar-refractivity contribution in [2.45, 2.75) is 16.7 Å². The van der Waals surface area contributed by atoms with Crippen LogP contribution in [0.25, 0.3) is 11.3 Å². The maximum Gasteiger partial charge on any atom is 0.356 e. The molecule has 4 nitrogen and oxygen atoms in total. The molecule has 6 heteroatoms. The molecule has 2 aromatic rings. The number of benzene rings is 1. The van der Waals surface area contributed by atoms with Crippen LogP contribution in [-0.4, -0.2) is 33.4 Å². The topological polar surface area (TPSA) is 55.1 Å². The molecular weight excluding hydrogens is 292 g/mol. The molecule has 0 unspecified atom stereocenters. The largest absolute Gasteiger partial charge is 0.476 e. The van der Waals surface area contributed by atoms with Gasteiger partial charge in [0.2, 0.25) is 0 Å². The van der Waals surface area contributed by atoms with Gasteiger partial charge in [0.15, 0.2) is 5.69 Å². The monoisotopic (exact) mass is 308 g/mol. The van der Waals surface area contributed by atoms with E-state index in [0.29, 0.717) is 0 Å². The number of aryl methyl sites for hydroxylation is 2. The molecule has 0 saturated heterocycles. The summed E-state index contributed by atoms with van der Waals surface area (Å²) < 4.78 is 1.62. The molecule has 0 aliphatic carbocycles. The van der Waals surface area contributed by atoms with Gasteiger partial charge in [0.25, 0.3) is 0 Å². The van der Waals surface area contributed by atoms with Crippen LogP contribution < -0.4 is 0 Å². The van der Waals surface area contributed by atoms with Gasteiger partial charge in [-0.15, -0.1) is 23.5 Å². The summed E-state index contributed by atoms with van der Waals surface area (Å²) in [5.74, 6) is -1.00. The Morgan fingerprint density at radius 3 is 2.35 bits per heavy atom.